The number of nitrogens with zero attached hydrogens (tertiary/aromatic N) is 2. The molecule has 0 bridgehead atoms. The van der Waals surface area contributed by atoms with Gasteiger partial charge in [0.1, 0.15) is 16.3 Å². The number of carbonyl (C=O) groups is 1. The molecule has 0 spiro atoms. The molecule has 2 aromatic rings. The summed E-state index contributed by atoms with van der Waals surface area (Å²) in [6.07, 6.45) is 1.02. The predicted molar refractivity (Wildman–Crippen MR) is 166 cm³/mol. The van der Waals surface area contributed by atoms with Crippen LogP contribution in [0.3, 0.4) is 0 Å². The molecule has 11 heteroatoms. The number of esters is 1. The fraction of sp³-hybridized carbons (Fsp3) is 0.667. The summed E-state index contributed by atoms with van der Waals surface area (Å²) in [6.45, 7) is 16.9. The lowest BCUT2D eigenvalue weighted by Crippen LogP contribution is -2.46. The Bertz CT molecular complexity index is 1400. The smallest absolute Gasteiger partial charge is 0.308 e. The highest BCUT2D eigenvalue weighted by Gasteiger charge is 2.39. The van der Waals surface area contributed by atoms with E-state index in [2.05, 4.69) is 4.57 Å². The molecular formula is C33H49FN2O7S. The minimum Gasteiger partial charge on any atom is -0.460 e. The van der Waals surface area contributed by atoms with Crippen LogP contribution < -0.4 is 0 Å². The topological polar surface area (TPSA) is 96.3 Å². The molecule has 3 heterocycles. The number of ether oxygens (including phenoxy) is 4. The number of hydrogen-bond acceptors (Lipinski definition) is 7. The zero-order chi connectivity index (χ0) is 32.4. The van der Waals surface area contributed by atoms with Crippen molar-refractivity contribution in [3.8, 4) is 11.3 Å². The van der Waals surface area contributed by atoms with Gasteiger partial charge in [0.05, 0.1) is 37.5 Å². The predicted octanol–water partition coefficient (Wildman–Crippen LogP) is 6.03. The summed E-state index contributed by atoms with van der Waals surface area (Å²) in [4.78, 5) is 13.0. The molecule has 0 radical (unpaired) electrons. The van der Waals surface area contributed by atoms with Crippen molar-refractivity contribution in [1.82, 2.24) is 8.87 Å². The van der Waals surface area contributed by atoms with E-state index >= 15 is 0 Å². The number of aromatic nitrogens is 1. The number of hydrogen-bond donors (Lipinski definition) is 0. The van der Waals surface area contributed by atoms with Crippen LogP contribution in [0.5, 0.6) is 0 Å². The van der Waals surface area contributed by atoms with Crippen LogP contribution in [0.1, 0.15) is 91.8 Å². The van der Waals surface area contributed by atoms with Crippen molar-refractivity contribution in [1.29, 1.82) is 0 Å². The van der Waals surface area contributed by atoms with Crippen LogP contribution in [0.15, 0.2) is 29.2 Å². The molecule has 2 aliphatic heterocycles. The van der Waals surface area contributed by atoms with E-state index in [1.165, 1.54) is 16.4 Å². The van der Waals surface area contributed by atoms with Gasteiger partial charge in [-0.2, -0.15) is 4.31 Å². The van der Waals surface area contributed by atoms with Crippen molar-refractivity contribution in [3.63, 3.8) is 0 Å². The van der Waals surface area contributed by atoms with E-state index in [0.29, 0.717) is 57.0 Å². The monoisotopic (exact) mass is 636 g/mol. The Hall–Kier alpha value is -2.31. The van der Waals surface area contributed by atoms with Gasteiger partial charge in [-0.15, -0.1) is 0 Å². The molecule has 1 aromatic carbocycles. The molecule has 0 N–H and O–H groups in total. The quantitative estimate of drug-likeness (QED) is 0.294. The van der Waals surface area contributed by atoms with Crippen LogP contribution in [0, 0.1) is 5.82 Å². The average Bonchev–Trinajstić information content (AvgIpc) is 3.26. The van der Waals surface area contributed by atoms with Gasteiger partial charge in [-0.25, -0.2) is 12.8 Å². The maximum Gasteiger partial charge on any atom is 0.308 e. The van der Waals surface area contributed by atoms with Gasteiger partial charge in [0.25, 0.3) is 0 Å². The molecule has 44 heavy (non-hydrogen) atoms. The maximum atomic E-state index is 14.3. The summed E-state index contributed by atoms with van der Waals surface area (Å²) in [6, 6.07) is 6.24. The molecule has 2 saturated heterocycles. The van der Waals surface area contributed by atoms with Crippen LogP contribution in [0.4, 0.5) is 4.39 Å². The fourth-order valence-corrected chi connectivity index (χ4v) is 8.34. The molecule has 0 aliphatic carbocycles. The van der Waals surface area contributed by atoms with Crippen molar-refractivity contribution in [2.75, 3.05) is 26.3 Å². The van der Waals surface area contributed by atoms with Crippen molar-refractivity contribution < 1.29 is 36.6 Å². The van der Waals surface area contributed by atoms with Crippen LogP contribution in [0.25, 0.3) is 11.3 Å². The number of benzene rings is 1. The third-order valence-electron chi connectivity index (χ3n) is 7.87. The van der Waals surface area contributed by atoms with Crippen LogP contribution in [0.2, 0.25) is 0 Å². The van der Waals surface area contributed by atoms with Gasteiger partial charge in [0, 0.05) is 37.3 Å². The first-order valence-electron chi connectivity index (χ1n) is 15.7. The van der Waals surface area contributed by atoms with Crippen LogP contribution >= 0.6 is 0 Å². The highest BCUT2D eigenvalue weighted by molar-refractivity contribution is 7.89. The molecule has 0 amide bonds. The number of morpholine rings is 1. The van der Waals surface area contributed by atoms with E-state index in [4.69, 9.17) is 18.9 Å². The zero-order valence-electron chi connectivity index (χ0n) is 27.4. The maximum absolute atomic E-state index is 14.3. The van der Waals surface area contributed by atoms with E-state index < -0.39 is 21.4 Å². The minimum absolute atomic E-state index is 0.116. The lowest BCUT2D eigenvalue weighted by molar-refractivity contribution is -0.301. The highest BCUT2D eigenvalue weighted by atomic mass is 32.2. The largest absolute Gasteiger partial charge is 0.460 e. The fourth-order valence-electron chi connectivity index (χ4n) is 6.29. The third kappa shape index (κ3) is 8.09. The second-order valence-electron chi connectivity index (χ2n) is 13.4. The Balaban J connectivity index is 1.74. The van der Waals surface area contributed by atoms with Gasteiger partial charge in [-0.1, -0.05) is 20.8 Å². The molecular weight excluding hydrogens is 587 g/mol. The lowest BCUT2D eigenvalue weighted by Gasteiger charge is -2.41. The molecule has 2 fully saturated rings. The standard InChI is InChI=1S/C33H49FN2O7S/c1-9-27-31(44(38,39)35-16-18-40-19-17-35)29(22(2)3)30(23-10-12-24(34)13-11-23)36(27)15-14-25-20-26(42-33(7,8)41-25)21-28(37)43-32(4,5)6/h10-13,22,25-26H,9,14-21H2,1-8H3/t25-,26-/m1/s1. The van der Waals surface area contributed by atoms with Crippen LogP contribution in [-0.2, 0) is 46.7 Å². The molecule has 0 unspecified atom stereocenters. The van der Waals surface area contributed by atoms with Crippen molar-refractivity contribution >= 4 is 16.0 Å². The summed E-state index contributed by atoms with van der Waals surface area (Å²) < 4.78 is 69.6. The summed E-state index contributed by atoms with van der Waals surface area (Å²) in [7, 11) is -3.84. The second-order valence-corrected chi connectivity index (χ2v) is 15.3. The molecule has 9 nitrogen and oxygen atoms in total. The van der Waals surface area contributed by atoms with Gasteiger partial charge >= 0.3 is 5.97 Å². The second kappa shape index (κ2) is 13.6. The van der Waals surface area contributed by atoms with Gasteiger partial charge in [0.15, 0.2) is 5.79 Å². The SMILES string of the molecule is CCc1c(S(=O)(=O)N2CCOCC2)c(C(C)C)c(-c2ccc(F)cc2)n1CC[C@@H]1C[C@H](CC(=O)OC(C)(C)C)OC(C)(C)O1. The molecule has 0 saturated carbocycles. The third-order valence-corrected chi connectivity index (χ3v) is 9.89. The number of rotatable bonds is 10. The lowest BCUT2D eigenvalue weighted by atomic mass is 9.98. The zero-order valence-corrected chi connectivity index (χ0v) is 28.3. The van der Waals surface area contributed by atoms with E-state index in [9.17, 15) is 17.6 Å². The molecule has 2 aliphatic rings. The molecule has 4 rings (SSSR count). The summed E-state index contributed by atoms with van der Waals surface area (Å²) in [5.41, 5.74) is 2.39. The van der Waals surface area contributed by atoms with E-state index in [0.717, 1.165) is 22.5 Å². The Kier molecular flexibility index (Phi) is 10.7. The highest BCUT2D eigenvalue weighted by Crippen LogP contribution is 2.42. The number of sulfonamides is 1. The summed E-state index contributed by atoms with van der Waals surface area (Å²) in [5.74, 6) is -1.71. The van der Waals surface area contributed by atoms with Gasteiger partial charge in [-0.3, -0.25) is 4.79 Å². The summed E-state index contributed by atoms with van der Waals surface area (Å²) >= 11 is 0. The number of carbonyl (C=O) groups excluding carboxylic acids is 1. The first-order valence-corrected chi connectivity index (χ1v) is 17.1. The van der Waals surface area contributed by atoms with Crippen molar-refractivity contribution in [2.45, 2.75) is 122 Å². The van der Waals surface area contributed by atoms with E-state index in [1.807, 2.05) is 55.4 Å². The Morgan fingerprint density at radius 1 is 1.09 bits per heavy atom. The Labute approximate surface area is 262 Å². The summed E-state index contributed by atoms with van der Waals surface area (Å²) in [5, 5.41) is 0. The van der Waals surface area contributed by atoms with Crippen LogP contribution in [-0.4, -0.2) is 73.2 Å². The first kappa shape index (κ1) is 34.6. The normalized spacial score (nSPS) is 21.5. The minimum atomic E-state index is -3.84. The Morgan fingerprint density at radius 2 is 1.70 bits per heavy atom. The first-order chi connectivity index (χ1) is 20.5. The molecule has 1 aromatic heterocycles. The number of halogens is 1. The average molecular weight is 637 g/mol. The van der Waals surface area contributed by atoms with E-state index in [1.54, 1.807) is 12.1 Å². The molecule has 2 atom stereocenters. The van der Waals surface area contributed by atoms with Gasteiger partial charge in [0.2, 0.25) is 10.0 Å². The van der Waals surface area contributed by atoms with Gasteiger partial charge < -0.3 is 23.5 Å². The van der Waals surface area contributed by atoms with Crippen molar-refractivity contribution in [2.24, 2.45) is 0 Å². The van der Waals surface area contributed by atoms with E-state index in [-0.39, 0.29) is 36.3 Å². The van der Waals surface area contributed by atoms with Gasteiger partial charge in [-0.05, 0) is 83.2 Å². The van der Waals surface area contributed by atoms with Crippen molar-refractivity contribution in [3.05, 3.63) is 41.3 Å². The molecule has 246 valence electrons. The Morgan fingerprint density at radius 3 is 2.27 bits per heavy atom.